The molecule has 27 heavy (non-hydrogen) atoms. The first-order valence-corrected chi connectivity index (χ1v) is 10.9. The van der Waals surface area contributed by atoms with Gasteiger partial charge in [0.05, 0.1) is 10.5 Å². The monoisotopic (exact) mass is 394 g/mol. The highest BCUT2D eigenvalue weighted by Crippen LogP contribution is 2.36. The van der Waals surface area contributed by atoms with Crippen molar-refractivity contribution in [1.82, 2.24) is 9.62 Å². The molecule has 2 fully saturated rings. The van der Waals surface area contributed by atoms with Gasteiger partial charge >= 0.3 is 5.97 Å². The fraction of sp³-hybridized carbons (Fsp3) is 0.579. The van der Waals surface area contributed by atoms with E-state index >= 15 is 0 Å². The molecule has 148 valence electrons. The minimum atomic E-state index is -3.65. The van der Waals surface area contributed by atoms with Crippen LogP contribution in [0.25, 0.3) is 0 Å². The van der Waals surface area contributed by atoms with Crippen molar-refractivity contribution in [3.8, 4) is 0 Å². The molecule has 0 spiro atoms. The third-order valence-corrected chi connectivity index (χ3v) is 7.03. The van der Waals surface area contributed by atoms with Gasteiger partial charge in [0.25, 0.3) is 5.91 Å². The first kappa shape index (κ1) is 19.8. The van der Waals surface area contributed by atoms with E-state index in [1.54, 1.807) is 4.90 Å². The molecule has 0 radical (unpaired) electrons. The van der Waals surface area contributed by atoms with E-state index in [1.165, 1.54) is 57.0 Å². The number of piperidine rings is 1. The Morgan fingerprint density at radius 1 is 1.19 bits per heavy atom. The van der Waals surface area contributed by atoms with E-state index in [4.69, 9.17) is 4.74 Å². The largest absolute Gasteiger partial charge is 0.452 e. The maximum Gasteiger partial charge on any atom is 0.338 e. The van der Waals surface area contributed by atoms with E-state index in [-0.39, 0.29) is 23.0 Å². The Morgan fingerprint density at radius 3 is 2.67 bits per heavy atom. The number of hydrogen-bond donors (Lipinski definition) is 1. The third kappa shape index (κ3) is 4.68. The first-order valence-electron chi connectivity index (χ1n) is 9.39. The number of hydrogen-bond acceptors (Lipinski definition) is 5. The zero-order chi connectivity index (χ0) is 19.4. The number of rotatable bonds is 5. The third-order valence-electron chi connectivity index (χ3n) is 5.62. The number of nitrogens with zero attached hydrogens (tertiary/aromatic N) is 1. The van der Waals surface area contributed by atoms with Crippen LogP contribution in [0, 0.1) is 11.8 Å². The summed E-state index contributed by atoms with van der Waals surface area (Å²) in [6, 6.07) is 5.57. The average molecular weight is 394 g/mol. The highest BCUT2D eigenvalue weighted by molar-refractivity contribution is 7.89. The van der Waals surface area contributed by atoms with E-state index in [9.17, 15) is 18.0 Å². The van der Waals surface area contributed by atoms with Crippen LogP contribution in [0.1, 0.15) is 42.5 Å². The second-order valence-electron chi connectivity index (χ2n) is 7.24. The van der Waals surface area contributed by atoms with Crippen molar-refractivity contribution in [2.45, 2.75) is 37.0 Å². The van der Waals surface area contributed by atoms with Crippen LogP contribution in [-0.2, 0) is 19.6 Å². The minimum Gasteiger partial charge on any atom is -0.452 e. The molecule has 2 atom stereocenters. The Hall–Kier alpha value is -1.93. The molecule has 1 aliphatic heterocycles. The number of carbonyl (C=O) groups excluding carboxylic acids is 2. The van der Waals surface area contributed by atoms with Crippen LogP contribution in [-0.4, -0.2) is 51.9 Å². The lowest BCUT2D eigenvalue weighted by Crippen LogP contribution is -2.46. The van der Waals surface area contributed by atoms with E-state index in [0.29, 0.717) is 12.5 Å². The summed E-state index contributed by atoms with van der Waals surface area (Å²) >= 11 is 0. The maximum atomic E-state index is 12.4. The predicted molar refractivity (Wildman–Crippen MR) is 99.6 cm³/mol. The minimum absolute atomic E-state index is 0.0230. The van der Waals surface area contributed by atoms with E-state index in [2.05, 4.69) is 4.72 Å². The van der Waals surface area contributed by atoms with Gasteiger partial charge in [-0.2, -0.15) is 0 Å². The number of benzene rings is 1. The van der Waals surface area contributed by atoms with Gasteiger partial charge in [0.15, 0.2) is 6.61 Å². The van der Waals surface area contributed by atoms with Gasteiger partial charge in [-0.05, 0) is 49.9 Å². The number of amides is 1. The van der Waals surface area contributed by atoms with Crippen molar-refractivity contribution in [2.75, 3.05) is 26.7 Å². The van der Waals surface area contributed by atoms with Gasteiger partial charge in [0, 0.05) is 13.1 Å². The van der Waals surface area contributed by atoms with Crippen LogP contribution in [0.2, 0.25) is 0 Å². The molecule has 2 aliphatic rings. The molecule has 7 nitrogen and oxygen atoms in total. The highest BCUT2D eigenvalue weighted by Gasteiger charge is 2.33. The van der Waals surface area contributed by atoms with Crippen LogP contribution in [0.3, 0.4) is 0 Å². The van der Waals surface area contributed by atoms with Gasteiger partial charge < -0.3 is 9.64 Å². The molecule has 1 saturated carbocycles. The molecule has 0 unspecified atom stereocenters. The lowest BCUT2D eigenvalue weighted by Gasteiger charge is -2.41. The zero-order valence-electron chi connectivity index (χ0n) is 15.5. The SMILES string of the molecule is CNS(=O)(=O)c1cccc(C(=O)OCC(=O)N2CC[C@@H]3CCCC[C@H]3C2)c1. The molecule has 1 heterocycles. The zero-order valence-corrected chi connectivity index (χ0v) is 16.3. The molecule has 0 bridgehead atoms. The molecule has 1 saturated heterocycles. The molecule has 1 aromatic rings. The van der Waals surface area contributed by atoms with Gasteiger partial charge in [0.2, 0.25) is 10.0 Å². The molecule has 1 N–H and O–H groups in total. The van der Waals surface area contributed by atoms with Crippen LogP contribution >= 0.6 is 0 Å². The first-order chi connectivity index (χ1) is 12.9. The van der Waals surface area contributed by atoms with Gasteiger partial charge in [-0.3, -0.25) is 4.79 Å². The van der Waals surface area contributed by atoms with Gasteiger partial charge in [0.1, 0.15) is 0 Å². The number of ether oxygens (including phenoxy) is 1. The molecular formula is C19H26N2O5S. The summed E-state index contributed by atoms with van der Waals surface area (Å²) in [6.45, 7) is 1.14. The molecule has 3 rings (SSSR count). The van der Waals surface area contributed by atoms with E-state index < -0.39 is 16.0 Å². The summed E-state index contributed by atoms with van der Waals surface area (Å²) in [5.74, 6) is 0.397. The highest BCUT2D eigenvalue weighted by atomic mass is 32.2. The van der Waals surface area contributed by atoms with Crippen molar-refractivity contribution in [3.63, 3.8) is 0 Å². The van der Waals surface area contributed by atoms with Gasteiger partial charge in [-0.1, -0.05) is 25.3 Å². The maximum absolute atomic E-state index is 12.4. The molecule has 0 aromatic heterocycles. The van der Waals surface area contributed by atoms with Crippen LogP contribution in [0.5, 0.6) is 0 Å². The van der Waals surface area contributed by atoms with Crippen molar-refractivity contribution < 1.29 is 22.7 Å². The van der Waals surface area contributed by atoms with Crippen molar-refractivity contribution in [2.24, 2.45) is 11.8 Å². The Bertz CT molecular complexity index is 808. The van der Waals surface area contributed by atoms with Crippen LogP contribution < -0.4 is 4.72 Å². The van der Waals surface area contributed by atoms with Gasteiger partial charge in [-0.15, -0.1) is 0 Å². The normalized spacial score (nSPS) is 22.8. The van der Waals surface area contributed by atoms with Crippen molar-refractivity contribution >= 4 is 21.9 Å². The Morgan fingerprint density at radius 2 is 1.93 bits per heavy atom. The summed E-state index contributed by atoms with van der Waals surface area (Å²) in [7, 11) is -2.35. The van der Waals surface area contributed by atoms with E-state index in [0.717, 1.165) is 18.9 Å². The lowest BCUT2D eigenvalue weighted by atomic mass is 9.75. The Kier molecular flexibility index (Phi) is 6.16. The standard InChI is InChI=1S/C19H26N2O5S/c1-20-27(24,25)17-8-4-7-15(11-17)19(23)26-13-18(22)21-10-9-14-5-2-3-6-16(14)12-21/h4,7-8,11,14,16,20H,2-3,5-6,9-10,12-13H2,1H3/t14-,16-/m0/s1. The molecule has 8 heteroatoms. The number of likely N-dealkylation sites (tertiary alicyclic amines) is 1. The topological polar surface area (TPSA) is 92.8 Å². The smallest absolute Gasteiger partial charge is 0.338 e. The van der Waals surface area contributed by atoms with E-state index in [1.807, 2.05) is 0 Å². The molecular weight excluding hydrogens is 368 g/mol. The second kappa shape index (κ2) is 8.39. The number of esters is 1. The van der Waals surface area contributed by atoms with Crippen molar-refractivity contribution in [3.05, 3.63) is 29.8 Å². The summed E-state index contributed by atoms with van der Waals surface area (Å²) in [6.07, 6.45) is 5.96. The summed E-state index contributed by atoms with van der Waals surface area (Å²) in [5.41, 5.74) is 0.102. The Labute approximate surface area is 160 Å². The Balaban J connectivity index is 1.56. The fourth-order valence-electron chi connectivity index (χ4n) is 4.04. The van der Waals surface area contributed by atoms with Gasteiger partial charge in [-0.25, -0.2) is 17.9 Å². The number of sulfonamides is 1. The number of carbonyl (C=O) groups is 2. The molecule has 1 aliphatic carbocycles. The molecule has 1 amide bonds. The summed E-state index contributed by atoms with van der Waals surface area (Å²) < 4.78 is 31.0. The quantitative estimate of drug-likeness (QED) is 0.769. The van der Waals surface area contributed by atoms with Crippen molar-refractivity contribution in [1.29, 1.82) is 0 Å². The number of fused-ring (bicyclic) bond motifs is 1. The van der Waals surface area contributed by atoms with Crippen LogP contribution in [0.15, 0.2) is 29.2 Å². The second-order valence-corrected chi connectivity index (χ2v) is 9.13. The lowest BCUT2D eigenvalue weighted by molar-refractivity contribution is -0.137. The summed E-state index contributed by atoms with van der Waals surface area (Å²) in [4.78, 5) is 26.4. The predicted octanol–water partition coefficient (Wildman–Crippen LogP) is 1.79. The fourth-order valence-corrected chi connectivity index (χ4v) is 4.81. The average Bonchev–Trinajstić information content (AvgIpc) is 2.71. The van der Waals surface area contributed by atoms with Crippen LogP contribution in [0.4, 0.5) is 0 Å². The summed E-state index contributed by atoms with van der Waals surface area (Å²) in [5, 5.41) is 0. The number of nitrogens with one attached hydrogen (secondary N) is 1. The molecule has 1 aromatic carbocycles.